The number of aliphatic carboxylic acids is 1. The van der Waals surface area contributed by atoms with E-state index in [1.54, 1.807) is 6.92 Å². The molecule has 0 amide bonds. The number of fused-ring (bicyclic) bond motifs is 1. The minimum atomic E-state index is -3.97. The van der Waals surface area contributed by atoms with Crippen molar-refractivity contribution in [3.8, 4) is 0 Å². The number of hydrogen-bond donors (Lipinski definition) is 1. The molecule has 1 N–H and O–H groups in total. The summed E-state index contributed by atoms with van der Waals surface area (Å²) in [6.07, 6.45) is 3.82. The maximum absolute atomic E-state index is 13.3. The molecule has 3 rings (SSSR count). The van der Waals surface area contributed by atoms with Gasteiger partial charge in [-0.2, -0.15) is 4.31 Å². The van der Waals surface area contributed by atoms with Crippen LogP contribution in [0.3, 0.4) is 0 Å². The van der Waals surface area contributed by atoms with Crippen molar-refractivity contribution >= 4 is 22.0 Å². The fourth-order valence-electron chi connectivity index (χ4n) is 4.23. The van der Waals surface area contributed by atoms with Crippen LogP contribution in [0.2, 0.25) is 0 Å². The van der Waals surface area contributed by atoms with Crippen molar-refractivity contribution in [3.05, 3.63) is 29.3 Å². The number of nitrogens with zero attached hydrogens (tertiary/aromatic N) is 1. The van der Waals surface area contributed by atoms with E-state index >= 15 is 0 Å². The molecule has 3 atom stereocenters. The topological polar surface area (TPSA) is 101 Å². The van der Waals surface area contributed by atoms with Crippen molar-refractivity contribution in [3.63, 3.8) is 0 Å². The number of hydrogen-bond acceptors (Lipinski definition) is 5. The first-order chi connectivity index (χ1) is 12.3. The zero-order chi connectivity index (χ0) is 19.1. The Labute approximate surface area is 153 Å². The Morgan fingerprint density at radius 3 is 2.54 bits per heavy atom. The van der Waals surface area contributed by atoms with Crippen LogP contribution in [0.15, 0.2) is 23.1 Å². The van der Waals surface area contributed by atoms with Gasteiger partial charge in [0.05, 0.1) is 17.6 Å². The molecule has 1 aromatic rings. The maximum atomic E-state index is 13.3. The zero-order valence-corrected chi connectivity index (χ0v) is 15.7. The van der Waals surface area contributed by atoms with Crippen LogP contribution in [0, 0.1) is 12.8 Å². The van der Waals surface area contributed by atoms with Crippen LogP contribution in [0.25, 0.3) is 0 Å². The second-order valence-corrected chi connectivity index (χ2v) is 8.85. The van der Waals surface area contributed by atoms with Gasteiger partial charge in [-0.15, -0.1) is 0 Å². The molecule has 3 unspecified atom stereocenters. The predicted molar refractivity (Wildman–Crippen MR) is 93.3 cm³/mol. The summed E-state index contributed by atoms with van der Waals surface area (Å²) >= 11 is 0. The third kappa shape index (κ3) is 3.12. The van der Waals surface area contributed by atoms with E-state index in [9.17, 15) is 23.1 Å². The lowest BCUT2D eigenvalue weighted by Crippen LogP contribution is -2.46. The average Bonchev–Trinajstić information content (AvgIpc) is 3.01. The highest BCUT2D eigenvalue weighted by molar-refractivity contribution is 7.89. The van der Waals surface area contributed by atoms with Crippen molar-refractivity contribution in [1.82, 2.24) is 4.31 Å². The number of esters is 1. The summed E-state index contributed by atoms with van der Waals surface area (Å²) < 4.78 is 32.4. The van der Waals surface area contributed by atoms with E-state index in [1.807, 2.05) is 0 Å². The monoisotopic (exact) mass is 381 g/mol. The number of carbonyl (C=O) groups is 2. The van der Waals surface area contributed by atoms with Crippen LogP contribution in [-0.4, -0.2) is 49.0 Å². The summed E-state index contributed by atoms with van der Waals surface area (Å²) in [4.78, 5) is 23.5. The second kappa shape index (κ2) is 7.00. The fourth-order valence-corrected chi connectivity index (χ4v) is 6.19. The van der Waals surface area contributed by atoms with Gasteiger partial charge >= 0.3 is 11.9 Å². The number of aryl methyl sites for hydroxylation is 1. The van der Waals surface area contributed by atoms with Crippen LogP contribution in [0.4, 0.5) is 0 Å². The smallest absolute Gasteiger partial charge is 0.338 e. The highest BCUT2D eigenvalue weighted by Crippen LogP contribution is 2.42. The number of rotatable bonds is 4. The molecule has 7 nitrogen and oxygen atoms in total. The molecule has 8 heteroatoms. The summed E-state index contributed by atoms with van der Waals surface area (Å²) in [5, 5.41) is 9.58. The number of sulfonamides is 1. The van der Waals surface area contributed by atoms with Crippen molar-refractivity contribution in [2.24, 2.45) is 5.92 Å². The van der Waals surface area contributed by atoms with E-state index in [1.165, 1.54) is 29.6 Å². The molecule has 26 heavy (non-hydrogen) atoms. The van der Waals surface area contributed by atoms with E-state index in [-0.39, 0.29) is 22.4 Å². The second-order valence-electron chi connectivity index (χ2n) is 7.00. The molecule has 1 aromatic carbocycles. The molecule has 1 aliphatic heterocycles. The lowest BCUT2D eigenvalue weighted by atomic mass is 9.85. The van der Waals surface area contributed by atoms with Crippen LogP contribution in [0.5, 0.6) is 0 Å². The molecule has 142 valence electrons. The zero-order valence-electron chi connectivity index (χ0n) is 14.8. The summed E-state index contributed by atoms with van der Waals surface area (Å²) in [6, 6.07) is 2.88. The molecule has 2 aliphatic rings. The molecule has 0 aromatic heterocycles. The number of carbonyl (C=O) groups excluding carboxylic acids is 1. The third-order valence-electron chi connectivity index (χ3n) is 5.49. The summed E-state index contributed by atoms with van der Waals surface area (Å²) in [7, 11) is -2.71. The van der Waals surface area contributed by atoms with E-state index in [0.29, 0.717) is 18.4 Å². The largest absolute Gasteiger partial charge is 0.480 e. The first kappa shape index (κ1) is 18.8. The van der Waals surface area contributed by atoms with Crippen molar-refractivity contribution < 1.29 is 27.9 Å². The standard InChI is InChI=1S/C18H23NO6S/c1-11-9-13(7-8-14(11)18(22)25-2)26(23,24)19-15-6-4-3-5-12(15)10-16(19)17(20)21/h7-9,12,15-16H,3-6,10H2,1-2H3,(H,20,21). The van der Waals surface area contributed by atoms with E-state index < -0.39 is 28.0 Å². The molecule has 1 heterocycles. The predicted octanol–water partition coefficient (Wildman–Crippen LogP) is 2.19. The van der Waals surface area contributed by atoms with Gasteiger partial charge < -0.3 is 9.84 Å². The van der Waals surface area contributed by atoms with Crippen molar-refractivity contribution in [1.29, 1.82) is 0 Å². The quantitative estimate of drug-likeness (QED) is 0.803. The van der Waals surface area contributed by atoms with Gasteiger partial charge in [-0.3, -0.25) is 4.79 Å². The summed E-state index contributed by atoms with van der Waals surface area (Å²) in [5.41, 5.74) is 0.766. The lowest BCUT2D eigenvalue weighted by Gasteiger charge is -2.32. The van der Waals surface area contributed by atoms with Gasteiger partial charge in [0.1, 0.15) is 6.04 Å². The molecule has 1 saturated heterocycles. The molecule has 0 spiro atoms. The van der Waals surface area contributed by atoms with Crippen LogP contribution in [0.1, 0.15) is 48.0 Å². The Balaban J connectivity index is 2.01. The lowest BCUT2D eigenvalue weighted by molar-refractivity contribution is -0.141. The van der Waals surface area contributed by atoms with Crippen LogP contribution >= 0.6 is 0 Å². The van der Waals surface area contributed by atoms with Gasteiger partial charge in [-0.05, 0) is 55.9 Å². The van der Waals surface area contributed by atoms with Gasteiger partial charge in [0.2, 0.25) is 10.0 Å². The van der Waals surface area contributed by atoms with Crippen LogP contribution in [-0.2, 0) is 19.6 Å². The first-order valence-corrected chi connectivity index (χ1v) is 10.2. The van der Waals surface area contributed by atoms with Crippen LogP contribution < -0.4 is 0 Å². The number of methoxy groups -OCH3 is 1. The van der Waals surface area contributed by atoms with E-state index in [2.05, 4.69) is 4.74 Å². The molecule has 1 saturated carbocycles. The summed E-state index contributed by atoms with van der Waals surface area (Å²) in [6.45, 7) is 1.63. The normalized spacial score (nSPS) is 26.3. The van der Waals surface area contributed by atoms with Crippen molar-refractivity contribution in [2.45, 2.75) is 56.0 Å². The Morgan fingerprint density at radius 2 is 1.92 bits per heavy atom. The Hall–Kier alpha value is -1.93. The molecular formula is C18H23NO6S. The van der Waals surface area contributed by atoms with Gasteiger partial charge in [0.15, 0.2) is 0 Å². The highest BCUT2D eigenvalue weighted by atomic mass is 32.2. The van der Waals surface area contributed by atoms with Gasteiger partial charge in [-0.25, -0.2) is 13.2 Å². The molecule has 0 radical (unpaired) electrons. The molecule has 0 bridgehead atoms. The van der Waals surface area contributed by atoms with Gasteiger partial charge in [-0.1, -0.05) is 12.8 Å². The Kier molecular flexibility index (Phi) is 5.07. The van der Waals surface area contributed by atoms with E-state index in [4.69, 9.17) is 0 Å². The third-order valence-corrected chi connectivity index (χ3v) is 7.42. The Morgan fingerprint density at radius 1 is 1.23 bits per heavy atom. The van der Waals surface area contributed by atoms with Gasteiger partial charge in [0.25, 0.3) is 0 Å². The number of benzene rings is 1. The molecule has 1 aliphatic carbocycles. The van der Waals surface area contributed by atoms with Gasteiger partial charge in [0, 0.05) is 6.04 Å². The number of carboxylic acid groups (broad SMARTS) is 1. The SMILES string of the molecule is COC(=O)c1ccc(S(=O)(=O)N2C(C(=O)O)CC3CCCCC32)cc1C. The molecule has 2 fully saturated rings. The van der Waals surface area contributed by atoms with E-state index in [0.717, 1.165) is 19.3 Å². The number of ether oxygens (including phenoxy) is 1. The Bertz CT molecular complexity index is 834. The minimum Gasteiger partial charge on any atom is -0.480 e. The maximum Gasteiger partial charge on any atom is 0.338 e. The van der Waals surface area contributed by atoms with Crippen molar-refractivity contribution in [2.75, 3.05) is 7.11 Å². The summed E-state index contributed by atoms with van der Waals surface area (Å²) in [5.74, 6) is -1.55. The highest BCUT2D eigenvalue weighted by Gasteiger charge is 2.51. The first-order valence-electron chi connectivity index (χ1n) is 8.72. The minimum absolute atomic E-state index is 0.0140. The number of carboxylic acids is 1. The average molecular weight is 381 g/mol. The molecular weight excluding hydrogens is 358 g/mol. The fraction of sp³-hybridized carbons (Fsp3) is 0.556.